The van der Waals surface area contributed by atoms with Crippen LogP contribution in [0.15, 0.2) is 18.2 Å². The molecular weight excluding hydrogens is 205 g/mol. The van der Waals surface area contributed by atoms with Crippen LogP contribution < -0.4 is 5.32 Å². The highest BCUT2D eigenvalue weighted by Crippen LogP contribution is 2.11. The van der Waals surface area contributed by atoms with E-state index >= 15 is 0 Å². The lowest BCUT2D eigenvalue weighted by Gasteiger charge is -2.19. The molecule has 1 rings (SSSR count). The van der Waals surface area contributed by atoms with Crippen molar-refractivity contribution in [1.82, 2.24) is 5.32 Å². The standard InChI is InChI=1S/C13H20FNO/c1-9-4-5-13(14)6-12(9)7-15-11(3)10(2)8-16/h4-6,10-11,15-16H,7-8H2,1-3H3. The second-order valence-corrected chi connectivity index (χ2v) is 4.40. The number of aliphatic hydroxyl groups excluding tert-OH is 1. The van der Waals surface area contributed by atoms with Crippen molar-refractivity contribution in [3.05, 3.63) is 35.1 Å². The Bertz CT molecular complexity index is 341. The van der Waals surface area contributed by atoms with Crippen molar-refractivity contribution < 1.29 is 9.50 Å². The Labute approximate surface area is 96.5 Å². The number of benzene rings is 1. The number of aliphatic hydroxyl groups is 1. The summed E-state index contributed by atoms with van der Waals surface area (Å²) >= 11 is 0. The van der Waals surface area contributed by atoms with Crippen molar-refractivity contribution in [2.24, 2.45) is 5.92 Å². The molecule has 0 aromatic heterocycles. The zero-order chi connectivity index (χ0) is 12.1. The van der Waals surface area contributed by atoms with Crippen molar-refractivity contribution in [1.29, 1.82) is 0 Å². The molecule has 0 bridgehead atoms. The van der Waals surface area contributed by atoms with Gasteiger partial charge in [-0.1, -0.05) is 13.0 Å². The minimum Gasteiger partial charge on any atom is -0.396 e. The Balaban J connectivity index is 2.57. The molecule has 0 spiro atoms. The van der Waals surface area contributed by atoms with Gasteiger partial charge in [0, 0.05) is 19.2 Å². The molecule has 0 heterocycles. The predicted octanol–water partition coefficient (Wildman–Crippen LogP) is 2.24. The number of hydrogen-bond acceptors (Lipinski definition) is 2. The average Bonchev–Trinajstić information content (AvgIpc) is 2.28. The van der Waals surface area contributed by atoms with E-state index < -0.39 is 0 Å². The van der Waals surface area contributed by atoms with E-state index in [1.165, 1.54) is 6.07 Å². The molecule has 0 aliphatic heterocycles. The van der Waals surface area contributed by atoms with E-state index in [1.54, 1.807) is 12.1 Å². The number of nitrogens with one attached hydrogen (secondary N) is 1. The highest BCUT2D eigenvalue weighted by molar-refractivity contribution is 5.26. The quantitative estimate of drug-likeness (QED) is 0.805. The molecule has 0 aliphatic carbocycles. The lowest BCUT2D eigenvalue weighted by atomic mass is 10.0. The Hall–Kier alpha value is -0.930. The Morgan fingerprint density at radius 2 is 2.06 bits per heavy atom. The van der Waals surface area contributed by atoms with E-state index in [0.717, 1.165) is 11.1 Å². The van der Waals surface area contributed by atoms with Gasteiger partial charge in [-0.15, -0.1) is 0 Å². The smallest absolute Gasteiger partial charge is 0.123 e. The van der Waals surface area contributed by atoms with E-state index in [1.807, 2.05) is 20.8 Å². The van der Waals surface area contributed by atoms with Crippen LogP contribution in [0.4, 0.5) is 4.39 Å². The van der Waals surface area contributed by atoms with Crippen molar-refractivity contribution in [2.45, 2.75) is 33.4 Å². The molecule has 0 fully saturated rings. The summed E-state index contributed by atoms with van der Waals surface area (Å²) in [5, 5.41) is 12.3. The van der Waals surface area contributed by atoms with Crippen LogP contribution in [0.5, 0.6) is 0 Å². The van der Waals surface area contributed by atoms with Gasteiger partial charge in [-0.05, 0) is 43.0 Å². The largest absolute Gasteiger partial charge is 0.396 e. The summed E-state index contributed by atoms with van der Waals surface area (Å²) < 4.78 is 13.0. The zero-order valence-corrected chi connectivity index (χ0v) is 10.1. The van der Waals surface area contributed by atoms with Gasteiger partial charge in [-0.25, -0.2) is 4.39 Å². The minimum absolute atomic E-state index is 0.163. The van der Waals surface area contributed by atoms with Crippen molar-refractivity contribution in [3.8, 4) is 0 Å². The maximum atomic E-state index is 13.0. The molecule has 90 valence electrons. The van der Waals surface area contributed by atoms with Gasteiger partial charge in [-0.2, -0.15) is 0 Å². The molecule has 1 aromatic rings. The SMILES string of the molecule is Cc1ccc(F)cc1CNC(C)C(C)CO. The lowest BCUT2D eigenvalue weighted by Crippen LogP contribution is -2.33. The van der Waals surface area contributed by atoms with Gasteiger partial charge >= 0.3 is 0 Å². The highest BCUT2D eigenvalue weighted by atomic mass is 19.1. The van der Waals surface area contributed by atoms with Gasteiger partial charge in [0.1, 0.15) is 5.82 Å². The van der Waals surface area contributed by atoms with E-state index in [-0.39, 0.29) is 24.4 Å². The second-order valence-electron chi connectivity index (χ2n) is 4.40. The maximum Gasteiger partial charge on any atom is 0.123 e. The third-order valence-electron chi connectivity index (χ3n) is 3.07. The first kappa shape index (κ1) is 13.1. The number of aryl methyl sites for hydroxylation is 1. The van der Waals surface area contributed by atoms with Gasteiger partial charge in [0.25, 0.3) is 0 Å². The number of rotatable bonds is 5. The van der Waals surface area contributed by atoms with Gasteiger partial charge in [-0.3, -0.25) is 0 Å². The lowest BCUT2D eigenvalue weighted by molar-refractivity contribution is 0.207. The molecule has 0 saturated carbocycles. The van der Waals surface area contributed by atoms with Crippen molar-refractivity contribution in [2.75, 3.05) is 6.61 Å². The van der Waals surface area contributed by atoms with Crippen molar-refractivity contribution in [3.63, 3.8) is 0 Å². The summed E-state index contributed by atoms with van der Waals surface area (Å²) in [7, 11) is 0. The van der Waals surface area contributed by atoms with E-state index in [9.17, 15) is 4.39 Å². The highest BCUT2D eigenvalue weighted by Gasteiger charge is 2.10. The molecule has 2 N–H and O–H groups in total. The first-order chi connectivity index (χ1) is 7.54. The van der Waals surface area contributed by atoms with Gasteiger partial charge in [0.15, 0.2) is 0 Å². The third kappa shape index (κ3) is 3.58. The molecule has 2 unspecified atom stereocenters. The van der Waals surface area contributed by atoms with Gasteiger partial charge in [0.2, 0.25) is 0 Å². The first-order valence-corrected chi connectivity index (χ1v) is 5.64. The number of halogens is 1. The molecule has 2 nitrogen and oxygen atoms in total. The monoisotopic (exact) mass is 225 g/mol. The summed E-state index contributed by atoms with van der Waals surface area (Å²) in [5.41, 5.74) is 2.05. The Morgan fingerprint density at radius 1 is 1.38 bits per heavy atom. The fourth-order valence-corrected chi connectivity index (χ4v) is 1.46. The molecule has 1 aromatic carbocycles. The topological polar surface area (TPSA) is 32.3 Å². The van der Waals surface area contributed by atoms with Crippen LogP contribution in [-0.4, -0.2) is 17.8 Å². The van der Waals surface area contributed by atoms with Crippen LogP contribution in [0.1, 0.15) is 25.0 Å². The third-order valence-corrected chi connectivity index (χ3v) is 3.07. The van der Waals surface area contributed by atoms with Crippen molar-refractivity contribution >= 4 is 0 Å². The summed E-state index contributed by atoms with van der Waals surface area (Å²) in [6.45, 7) is 6.77. The van der Waals surface area contributed by atoms with Crippen LogP contribution in [0, 0.1) is 18.7 Å². The average molecular weight is 225 g/mol. The van der Waals surface area contributed by atoms with E-state index in [4.69, 9.17) is 5.11 Å². The molecule has 0 amide bonds. The predicted molar refractivity (Wildman–Crippen MR) is 63.7 cm³/mol. The maximum absolute atomic E-state index is 13.0. The first-order valence-electron chi connectivity index (χ1n) is 5.64. The second kappa shape index (κ2) is 5.97. The van der Waals surface area contributed by atoms with Crippen LogP contribution >= 0.6 is 0 Å². The van der Waals surface area contributed by atoms with Gasteiger partial charge in [0.05, 0.1) is 0 Å². The molecule has 2 atom stereocenters. The molecule has 16 heavy (non-hydrogen) atoms. The van der Waals surface area contributed by atoms with Crippen LogP contribution in [-0.2, 0) is 6.54 Å². The fourth-order valence-electron chi connectivity index (χ4n) is 1.46. The normalized spacial score (nSPS) is 14.8. The Kier molecular flexibility index (Phi) is 4.90. The van der Waals surface area contributed by atoms with Gasteiger partial charge < -0.3 is 10.4 Å². The molecule has 0 aliphatic rings. The Morgan fingerprint density at radius 3 is 2.69 bits per heavy atom. The van der Waals surface area contributed by atoms with Crippen LogP contribution in [0.2, 0.25) is 0 Å². The summed E-state index contributed by atoms with van der Waals surface area (Å²) in [4.78, 5) is 0. The van der Waals surface area contributed by atoms with Crippen LogP contribution in [0.3, 0.4) is 0 Å². The fraction of sp³-hybridized carbons (Fsp3) is 0.538. The summed E-state index contributed by atoms with van der Waals surface area (Å²) in [5.74, 6) is -0.000810. The molecule has 0 radical (unpaired) electrons. The molecular formula is C13H20FNO. The van der Waals surface area contributed by atoms with Crippen LogP contribution in [0.25, 0.3) is 0 Å². The summed E-state index contributed by atoms with van der Waals surface area (Å²) in [6, 6.07) is 5.02. The minimum atomic E-state index is -0.203. The van der Waals surface area contributed by atoms with E-state index in [0.29, 0.717) is 6.54 Å². The zero-order valence-electron chi connectivity index (χ0n) is 10.1. The summed E-state index contributed by atoms with van der Waals surface area (Å²) in [6.07, 6.45) is 0. The number of hydrogen-bond donors (Lipinski definition) is 2. The molecule has 3 heteroatoms. The molecule has 0 saturated heterocycles. The van der Waals surface area contributed by atoms with E-state index in [2.05, 4.69) is 5.32 Å².